The lowest BCUT2D eigenvalue weighted by Crippen LogP contribution is -2.23. The van der Waals surface area contributed by atoms with E-state index in [-0.39, 0.29) is 18.1 Å². The normalized spacial score (nSPS) is 10.8. The standard InChI is InChI=1S/C18H18N4O3/c1-3-25-11-16(23)21-13-6-4-7-14(10-13)22-12(2)20-17-15(18(22)24)8-5-9-19-17/h4-10H,3,11H2,1-2H3,(H,21,23). The Bertz CT molecular complexity index is 981. The molecule has 0 aliphatic heterocycles. The largest absolute Gasteiger partial charge is 0.372 e. The molecule has 0 aliphatic carbocycles. The molecule has 128 valence electrons. The van der Waals surface area contributed by atoms with E-state index in [9.17, 15) is 9.59 Å². The molecule has 1 N–H and O–H groups in total. The Kier molecular flexibility index (Phi) is 4.85. The molecule has 0 saturated carbocycles. The van der Waals surface area contributed by atoms with E-state index in [2.05, 4.69) is 15.3 Å². The molecule has 0 radical (unpaired) electrons. The van der Waals surface area contributed by atoms with E-state index in [1.807, 2.05) is 6.92 Å². The summed E-state index contributed by atoms with van der Waals surface area (Å²) in [6, 6.07) is 10.4. The van der Waals surface area contributed by atoms with Crippen LogP contribution in [0.3, 0.4) is 0 Å². The van der Waals surface area contributed by atoms with E-state index in [1.165, 1.54) is 4.57 Å². The summed E-state index contributed by atoms with van der Waals surface area (Å²) in [5, 5.41) is 3.19. The fourth-order valence-electron chi connectivity index (χ4n) is 2.54. The van der Waals surface area contributed by atoms with Crippen LogP contribution < -0.4 is 10.9 Å². The second-order valence-electron chi connectivity index (χ2n) is 5.41. The molecule has 2 aromatic heterocycles. The molecule has 7 nitrogen and oxygen atoms in total. The van der Waals surface area contributed by atoms with Crippen LogP contribution >= 0.6 is 0 Å². The fourth-order valence-corrected chi connectivity index (χ4v) is 2.54. The summed E-state index contributed by atoms with van der Waals surface area (Å²) in [5.74, 6) is 0.276. The van der Waals surface area contributed by atoms with Crippen LogP contribution in [0.4, 0.5) is 5.69 Å². The van der Waals surface area contributed by atoms with Crippen molar-refractivity contribution < 1.29 is 9.53 Å². The van der Waals surface area contributed by atoms with Crippen LogP contribution in [0.15, 0.2) is 47.4 Å². The number of nitrogens with zero attached hydrogens (tertiary/aromatic N) is 3. The van der Waals surface area contributed by atoms with Gasteiger partial charge in [-0.05, 0) is 44.2 Å². The number of nitrogens with one attached hydrogen (secondary N) is 1. The van der Waals surface area contributed by atoms with Crippen LogP contribution in [0.2, 0.25) is 0 Å². The van der Waals surface area contributed by atoms with Gasteiger partial charge in [-0.3, -0.25) is 14.2 Å². The minimum absolute atomic E-state index is 0.0110. The highest BCUT2D eigenvalue weighted by Crippen LogP contribution is 2.16. The maximum Gasteiger partial charge on any atom is 0.267 e. The molecular weight excluding hydrogens is 320 g/mol. The molecule has 2 heterocycles. The predicted molar refractivity (Wildman–Crippen MR) is 95.0 cm³/mol. The van der Waals surface area contributed by atoms with Crippen LogP contribution in [0.5, 0.6) is 0 Å². The number of hydrogen-bond acceptors (Lipinski definition) is 5. The van der Waals surface area contributed by atoms with Crippen molar-refractivity contribution in [3.8, 4) is 5.69 Å². The zero-order chi connectivity index (χ0) is 17.8. The third-order valence-corrected chi connectivity index (χ3v) is 3.64. The van der Waals surface area contributed by atoms with Gasteiger partial charge in [-0.1, -0.05) is 6.07 Å². The molecule has 3 aromatic rings. The van der Waals surface area contributed by atoms with Crippen molar-refractivity contribution in [2.24, 2.45) is 0 Å². The lowest BCUT2D eigenvalue weighted by molar-refractivity contribution is -0.120. The van der Waals surface area contributed by atoms with Gasteiger partial charge in [-0.25, -0.2) is 9.97 Å². The van der Waals surface area contributed by atoms with Gasteiger partial charge in [0.1, 0.15) is 12.4 Å². The molecule has 7 heteroatoms. The van der Waals surface area contributed by atoms with E-state index in [1.54, 1.807) is 49.5 Å². The lowest BCUT2D eigenvalue weighted by Gasteiger charge is -2.12. The Morgan fingerprint density at radius 1 is 1.28 bits per heavy atom. The van der Waals surface area contributed by atoms with Gasteiger partial charge in [0.15, 0.2) is 5.65 Å². The molecule has 0 atom stereocenters. The van der Waals surface area contributed by atoms with Crippen molar-refractivity contribution >= 4 is 22.6 Å². The van der Waals surface area contributed by atoms with Crippen LogP contribution in [-0.4, -0.2) is 33.7 Å². The summed E-state index contributed by atoms with van der Waals surface area (Å²) < 4.78 is 6.59. The lowest BCUT2D eigenvalue weighted by atomic mass is 10.2. The zero-order valence-corrected chi connectivity index (χ0v) is 14.0. The number of benzene rings is 1. The van der Waals surface area contributed by atoms with Gasteiger partial charge < -0.3 is 10.1 Å². The first kappa shape index (κ1) is 16.8. The number of pyridine rings is 1. The quantitative estimate of drug-likeness (QED) is 0.769. The van der Waals surface area contributed by atoms with Gasteiger partial charge in [0.2, 0.25) is 5.91 Å². The second-order valence-corrected chi connectivity index (χ2v) is 5.41. The van der Waals surface area contributed by atoms with E-state index in [0.717, 1.165) is 0 Å². The summed E-state index contributed by atoms with van der Waals surface area (Å²) >= 11 is 0. The topological polar surface area (TPSA) is 86.1 Å². The fraction of sp³-hybridized carbons (Fsp3) is 0.222. The van der Waals surface area contributed by atoms with Crippen molar-refractivity contribution in [1.82, 2.24) is 14.5 Å². The van der Waals surface area contributed by atoms with E-state index < -0.39 is 0 Å². The van der Waals surface area contributed by atoms with Crippen LogP contribution in [0.1, 0.15) is 12.7 Å². The maximum atomic E-state index is 12.8. The first-order chi connectivity index (χ1) is 12.1. The smallest absolute Gasteiger partial charge is 0.267 e. The number of hydrogen-bond donors (Lipinski definition) is 1. The van der Waals surface area contributed by atoms with Gasteiger partial charge in [0, 0.05) is 18.5 Å². The number of rotatable bonds is 5. The Morgan fingerprint density at radius 3 is 2.92 bits per heavy atom. The maximum absolute atomic E-state index is 12.8. The van der Waals surface area contributed by atoms with Gasteiger partial charge in [0.25, 0.3) is 5.56 Å². The number of amides is 1. The summed E-state index contributed by atoms with van der Waals surface area (Å²) in [7, 11) is 0. The molecule has 0 fully saturated rings. The third-order valence-electron chi connectivity index (χ3n) is 3.64. The van der Waals surface area contributed by atoms with E-state index >= 15 is 0 Å². The molecule has 3 rings (SSSR count). The summed E-state index contributed by atoms with van der Waals surface area (Å²) in [6.45, 7) is 4.03. The highest BCUT2D eigenvalue weighted by Gasteiger charge is 2.11. The first-order valence-electron chi connectivity index (χ1n) is 7.92. The highest BCUT2D eigenvalue weighted by atomic mass is 16.5. The predicted octanol–water partition coefficient (Wildman–Crippen LogP) is 2.06. The van der Waals surface area contributed by atoms with Gasteiger partial charge in [-0.2, -0.15) is 0 Å². The average molecular weight is 338 g/mol. The van der Waals surface area contributed by atoms with Crippen molar-refractivity contribution in [1.29, 1.82) is 0 Å². The number of carbonyl (C=O) groups excluding carboxylic acids is 1. The number of fused-ring (bicyclic) bond motifs is 1. The second kappa shape index (κ2) is 7.23. The number of carbonyl (C=O) groups is 1. The van der Waals surface area contributed by atoms with E-state index in [4.69, 9.17) is 4.74 Å². The molecule has 25 heavy (non-hydrogen) atoms. The number of aryl methyl sites for hydroxylation is 1. The Labute approximate surface area is 144 Å². The number of anilines is 1. The van der Waals surface area contributed by atoms with Gasteiger partial charge >= 0.3 is 0 Å². The Hall–Kier alpha value is -3.06. The minimum atomic E-state index is -0.246. The SMILES string of the molecule is CCOCC(=O)Nc1cccc(-n2c(C)nc3ncccc3c2=O)c1. The minimum Gasteiger partial charge on any atom is -0.372 e. The molecule has 0 saturated heterocycles. The van der Waals surface area contributed by atoms with Crippen LogP contribution in [0.25, 0.3) is 16.7 Å². The van der Waals surface area contributed by atoms with Crippen molar-refractivity contribution in [2.45, 2.75) is 13.8 Å². The van der Waals surface area contributed by atoms with Crippen LogP contribution in [-0.2, 0) is 9.53 Å². The number of aromatic nitrogens is 3. The summed E-state index contributed by atoms with van der Waals surface area (Å²) in [4.78, 5) is 33.1. The first-order valence-corrected chi connectivity index (χ1v) is 7.92. The van der Waals surface area contributed by atoms with Crippen molar-refractivity contribution in [3.63, 3.8) is 0 Å². The van der Waals surface area contributed by atoms with Gasteiger partial charge in [0.05, 0.1) is 11.1 Å². The monoisotopic (exact) mass is 338 g/mol. The molecular formula is C18H18N4O3. The molecule has 0 spiro atoms. The average Bonchev–Trinajstić information content (AvgIpc) is 2.60. The highest BCUT2D eigenvalue weighted by molar-refractivity contribution is 5.92. The third kappa shape index (κ3) is 3.56. The Balaban J connectivity index is 2.00. The van der Waals surface area contributed by atoms with Gasteiger partial charge in [-0.15, -0.1) is 0 Å². The van der Waals surface area contributed by atoms with E-state index in [0.29, 0.717) is 34.8 Å². The summed E-state index contributed by atoms with van der Waals surface area (Å²) in [5.41, 5.74) is 1.42. The molecule has 0 aliphatic rings. The summed E-state index contributed by atoms with van der Waals surface area (Å²) in [6.07, 6.45) is 1.60. The molecule has 0 unspecified atom stereocenters. The zero-order valence-electron chi connectivity index (χ0n) is 14.0. The molecule has 1 amide bonds. The number of ether oxygens (including phenoxy) is 1. The molecule has 0 bridgehead atoms. The van der Waals surface area contributed by atoms with Crippen LogP contribution in [0, 0.1) is 6.92 Å². The van der Waals surface area contributed by atoms with Crippen molar-refractivity contribution in [3.05, 3.63) is 58.8 Å². The molecule has 1 aromatic carbocycles. The van der Waals surface area contributed by atoms with Crippen molar-refractivity contribution in [2.75, 3.05) is 18.5 Å². The Morgan fingerprint density at radius 2 is 2.12 bits per heavy atom.